The van der Waals surface area contributed by atoms with Gasteiger partial charge in [0.05, 0.1) is 6.42 Å². The molecule has 0 saturated heterocycles. The van der Waals surface area contributed by atoms with Gasteiger partial charge < -0.3 is 14.4 Å². The van der Waals surface area contributed by atoms with Gasteiger partial charge >= 0.3 is 11.9 Å². The molecule has 0 aromatic carbocycles. The third kappa shape index (κ3) is 8.75. The van der Waals surface area contributed by atoms with Crippen molar-refractivity contribution < 1.29 is 19.1 Å². The molecule has 0 saturated carbocycles. The Kier molecular flexibility index (Phi) is 8.92. The van der Waals surface area contributed by atoms with Crippen LogP contribution in [0.5, 0.6) is 0 Å². The molecule has 104 valence electrons. The molecule has 0 radical (unpaired) electrons. The van der Waals surface area contributed by atoms with Gasteiger partial charge in [-0.1, -0.05) is 13.5 Å². The summed E-state index contributed by atoms with van der Waals surface area (Å²) >= 11 is 0. The summed E-state index contributed by atoms with van der Waals surface area (Å²) in [5.74, 6) is -0.738. The summed E-state index contributed by atoms with van der Waals surface area (Å²) in [7, 11) is 1.96. The van der Waals surface area contributed by atoms with Gasteiger partial charge in [0.15, 0.2) is 0 Å². The Hall–Kier alpha value is -1.36. The van der Waals surface area contributed by atoms with Gasteiger partial charge in [0, 0.05) is 12.1 Å². The monoisotopic (exact) mass is 257 g/mol. The van der Waals surface area contributed by atoms with E-state index in [4.69, 9.17) is 9.47 Å². The van der Waals surface area contributed by atoms with Crippen molar-refractivity contribution in [1.82, 2.24) is 4.90 Å². The number of ether oxygens (including phenoxy) is 2. The van der Waals surface area contributed by atoms with E-state index in [0.29, 0.717) is 18.5 Å². The van der Waals surface area contributed by atoms with Gasteiger partial charge in [-0.15, -0.1) is 0 Å². The average molecular weight is 257 g/mol. The molecule has 0 bridgehead atoms. The number of hydrogen-bond donors (Lipinski definition) is 0. The highest BCUT2D eigenvalue weighted by atomic mass is 16.6. The maximum absolute atomic E-state index is 11.3. The first-order valence-corrected chi connectivity index (χ1v) is 6.14. The van der Waals surface area contributed by atoms with E-state index >= 15 is 0 Å². The molecule has 0 N–H and O–H groups in total. The second-order valence-corrected chi connectivity index (χ2v) is 4.19. The Labute approximate surface area is 109 Å². The lowest BCUT2D eigenvalue weighted by Crippen LogP contribution is -2.24. The Balaban J connectivity index is 3.54. The van der Waals surface area contributed by atoms with Crippen LogP contribution < -0.4 is 0 Å². The van der Waals surface area contributed by atoms with Gasteiger partial charge in [0.1, 0.15) is 13.2 Å². The van der Waals surface area contributed by atoms with E-state index in [9.17, 15) is 9.59 Å². The largest absolute Gasteiger partial charge is 0.462 e. The fraction of sp³-hybridized carbons (Fsp3) is 0.692. The highest BCUT2D eigenvalue weighted by Gasteiger charge is 2.06. The molecule has 18 heavy (non-hydrogen) atoms. The molecule has 0 heterocycles. The minimum Gasteiger partial charge on any atom is -0.462 e. The number of esters is 2. The molecule has 0 aliphatic carbocycles. The van der Waals surface area contributed by atoms with Crippen molar-refractivity contribution in [2.24, 2.45) is 0 Å². The standard InChI is InChI=1S/C13H23NO4/c1-5-7-14(4)8-6-12(15)17-9-10-18-13(16)11(2)3/h2,5-10H2,1,3-4H3. The Bertz CT molecular complexity index is 289. The number of rotatable bonds is 9. The fourth-order valence-corrected chi connectivity index (χ4v) is 1.26. The van der Waals surface area contributed by atoms with Crippen LogP contribution in [0, 0.1) is 0 Å². The van der Waals surface area contributed by atoms with E-state index in [1.165, 1.54) is 0 Å². The summed E-state index contributed by atoms with van der Waals surface area (Å²) in [4.78, 5) is 24.4. The van der Waals surface area contributed by atoms with Gasteiger partial charge in [0.25, 0.3) is 0 Å². The molecule has 0 amide bonds. The Morgan fingerprint density at radius 2 is 1.78 bits per heavy atom. The molecule has 0 aromatic rings. The topological polar surface area (TPSA) is 55.8 Å². The van der Waals surface area contributed by atoms with Crippen LogP contribution in [0.1, 0.15) is 26.7 Å². The van der Waals surface area contributed by atoms with Crippen molar-refractivity contribution in [3.63, 3.8) is 0 Å². The summed E-state index contributed by atoms with van der Waals surface area (Å²) < 4.78 is 9.72. The normalized spacial score (nSPS) is 10.2. The number of carbonyl (C=O) groups is 2. The van der Waals surface area contributed by atoms with Crippen molar-refractivity contribution in [1.29, 1.82) is 0 Å². The van der Waals surface area contributed by atoms with Crippen molar-refractivity contribution in [3.05, 3.63) is 12.2 Å². The minimum atomic E-state index is -0.464. The summed E-state index contributed by atoms with van der Waals surface area (Å²) in [6.07, 6.45) is 1.41. The van der Waals surface area contributed by atoms with Gasteiger partial charge in [-0.05, 0) is 26.9 Å². The summed E-state index contributed by atoms with van der Waals surface area (Å²) in [6, 6.07) is 0. The van der Waals surface area contributed by atoms with Gasteiger partial charge in [-0.25, -0.2) is 4.79 Å². The molecule has 0 atom stereocenters. The first-order valence-electron chi connectivity index (χ1n) is 6.14. The molecule has 0 aliphatic rings. The lowest BCUT2D eigenvalue weighted by atomic mass is 10.3. The molecule has 0 unspecified atom stereocenters. The van der Waals surface area contributed by atoms with Crippen molar-refractivity contribution >= 4 is 11.9 Å². The van der Waals surface area contributed by atoms with E-state index in [2.05, 4.69) is 18.4 Å². The predicted molar refractivity (Wildman–Crippen MR) is 69.1 cm³/mol. The number of carbonyl (C=O) groups excluding carboxylic acids is 2. The lowest BCUT2D eigenvalue weighted by molar-refractivity contribution is -0.150. The maximum atomic E-state index is 11.3. The summed E-state index contributed by atoms with van der Waals surface area (Å²) in [5, 5.41) is 0. The first kappa shape index (κ1) is 16.6. The second-order valence-electron chi connectivity index (χ2n) is 4.19. The van der Waals surface area contributed by atoms with Crippen LogP contribution in [-0.4, -0.2) is 50.2 Å². The van der Waals surface area contributed by atoms with Crippen molar-refractivity contribution in [2.75, 3.05) is 33.4 Å². The van der Waals surface area contributed by atoms with Crippen LogP contribution >= 0.6 is 0 Å². The van der Waals surface area contributed by atoms with Crippen molar-refractivity contribution in [3.8, 4) is 0 Å². The third-order valence-electron chi connectivity index (χ3n) is 2.23. The molecular formula is C13H23NO4. The zero-order chi connectivity index (χ0) is 14.0. The molecule has 5 heteroatoms. The van der Waals surface area contributed by atoms with Gasteiger partial charge in [-0.2, -0.15) is 0 Å². The van der Waals surface area contributed by atoms with Gasteiger partial charge in [0.2, 0.25) is 0 Å². The van der Waals surface area contributed by atoms with E-state index in [1.54, 1.807) is 6.92 Å². The van der Waals surface area contributed by atoms with Crippen LogP contribution in [0.25, 0.3) is 0 Å². The molecule has 0 aromatic heterocycles. The second kappa shape index (κ2) is 9.65. The highest BCUT2D eigenvalue weighted by Crippen LogP contribution is 1.94. The summed E-state index contributed by atoms with van der Waals surface area (Å²) in [5.41, 5.74) is 0.336. The Morgan fingerprint density at radius 3 is 2.33 bits per heavy atom. The SMILES string of the molecule is C=C(C)C(=O)OCCOC(=O)CCN(C)CCC. The molecule has 0 aliphatic heterocycles. The van der Waals surface area contributed by atoms with Crippen molar-refractivity contribution in [2.45, 2.75) is 26.7 Å². The zero-order valence-electron chi connectivity index (χ0n) is 11.5. The van der Waals surface area contributed by atoms with E-state index in [0.717, 1.165) is 13.0 Å². The number of nitrogens with zero attached hydrogens (tertiary/aromatic N) is 1. The zero-order valence-corrected chi connectivity index (χ0v) is 11.5. The quantitative estimate of drug-likeness (QED) is 0.355. The average Bonchev–Trinajstić information content (AvgIpc) is 2.32. The first-order chi connectivity index (χ1) is 8.47. The van der Waals surface area contributed by atoms with Crippen LogP contribution in [0.15, 0.2) is 12.2 Å². The molecule has 0 rings (SSSR count). The minimum absolute atomic E-state index is 0.0717. The van der Waals surface area contributed by atoms with E-state index in [1.807, 2.05) is 7.05 Å². The molecule has 0 spiro atoms. The fourth-order valence-electron chi connectivity index (χ4n) is 1.26. The lowest BCUT2D eigenvalue weighted by Gasteiger charge is -2.14. The van der Waals surface area contributed by atoms with Crippen LogP contribution in [-0.2, 0) is 19.1 Å². The van der Waals surface area contributed by atoms with Crippen LogP contribution in [0.4, 0.5) is 0 Å². The van der Waals surface area contributed by atoms with Crippen LogP contribution in [0.3, 0.4) is 0 Å². The Morgan fingerprint density at radius 1 is 1.17 bits per heavy atom. The molecule has 0 fully saturated rings. The number of hydrogen-bond acceptors (Lipinski definition) is 5. The molecule has 5 nitrogen and oxygen atoms in total. The van der Waals surface area contributed by atoms with Crippen LogP contribution in [0.2, 0.25) is 0 Å². The van der Waals surface area contributed by atoms with Gasteiger partial charge in [-0.3, -0.25) is 4.79 Å². The van der Waals surface area contributed by atoms with E-state index in [-0.39, 0.29) is 19.2 Å². The van der Waals surface area contributed by atoms with E-state index < -0.39 is 5.97 Å². The summed E-state index contributed by atoms with van der Waals surface area (Å²) in [6.45, 7) is 8.91. The molecular weight excluding hydrogens is 234 g/mol. The predicted octanol–water partition coefficient (Wildman–Crippen LogP) is 1.38. The smallest absolute Gasteiger partial charge is 0.333 e. The highest BCUT2D eigenvalue weighted by molar-refractivity contribution is 5.86. The third-order valence-corrected chi connectivity index (χ3v) is 2.23. The maximum Gasteiger partial charge on any atom is 0.333 e.